The molecule has 2 unspecified atom stereocenters. The fraction of sp³-hybridized carbons (Fsp3) is 0.429. The summed E-state index contributed by atoms with van der Waals surface area (Å²) in [5.74, 6) is -3.62. The second-order valence-corrected chi connectivity index (χ2v) is 4.77. The van der Waals surface area contributed by atoms with Gasteiger partial charge < -0.3 is 10.0 Å². The predicted octanol–water partition coefficient (Wildman–Crippen LogP) is 2.35. The Hall–Kier alpha value is -1.98. The van der Waals surface area contributed by atoms with Crippen molar-refractivity contribution in [1.29, 1.82) is 0 Å². The summed E-state index contributed by atoms with van der Waals surface area (Å²) in [7, 11) is 0. The van der Waals surface area contributed by atoms with E-state index in [-0.39, 0.29) is 30.9 Å². The highest BCUT2D eigenvalue weighted by atomic mass is 19.1. The first-order valence-electron chi connectivity index (χ1n) is 6.43. The van der Waals surface area contributed by atoms with Crippen LogP contribution in [0.5, 0.6) is 0 Å². The molecule has 0 spiro atoms. The zero-order chi connectivity index (χ0) is 14.9. The molecule has 20 heavy (non-hydrogen) atoms. The van der Waals surface area contributed by atoms with Crippen molar-refractivity contribution in [2.45, 2.75) is 25.8 Å². The van der Waals surface area contributed by atoms with Crippen molar-refractivity contribution in [1.82, 2.24) is 4.90 Å². The Morgan fingerprint density at radius 2 is 2.15 bits per heavy atom. The van der Waals surface area contributed by atoms with Gasteiger partial charge >= 0.3 is 5.97 Å². The first-order chi connectivity index (χ1) is 9.45. The van der Waals surface area contributed by atoms with Gasteiger partial charge in [-0.15, -0.1) is 0 Å². The summed E-state index contributed by atoms with van der Waals surface area (Å²) in [5, 5.41) is 9.28. The van der Waals surface area contributed by atoms with Crippen molar-refractivity contribution in [3.8, 4) is 0 Å². The number of amides is 1. The molecule has 1 N–H and O–H groups in total. The lowest BCUT2D eigenvalue weighted by atomic mass is 9.84. The van der Waals surface area contributed by atoms with Crippen molar-refractivity contribution in [3.05, 3.63) is 35.4 Å². The average molecular weight is 283 g/mol. The number of carboxylic acid groups (broad SMARTS) is 1. The van der Waals surface area contributed by atoms with Crippen LogP contribution in [0.25, 0.3) is 0 Å². The van der Waals surface area contributed by atoms with Crippen LogP contribution in [0.3, 0.4) is 0 Å². The Balaban J connectivity index is 2.52. The molecule has 6 heteroatoms. The van der Waals surface area contributed by atoms with E-state index in [0.717, 1.165) is 18.2 Å². The first-order valence-corrected chi connectivity index (χ1v) is 6.43. The Labute approximate surface area is 115 Å². The highest BCUT2D eigenvalue weighted by molar-refractivity contribution is 5.81. The van der Waals surface area contributed by atoms with E-state index >= 15 is 0 Å². The monoisotopic (exact) mass is 283 g/mol. The zero-order valence-electron chi connectivity index (χ0n) is 11.0. The summed E-state index contributed by atoms with van der Waals surface area (Å²) >= 11 is 0. The fourth-order valence-corrected chi connectivity index (χ4v) is 2.71. The van der Waals surface area contributed by atoms with Gasteiger partial charge in [0.05, 0.1) is 12.0 Å². The minimum atomic E-state index is -1.11. The second kappa shape index (κ2) is 5.56. The number of rotatable bonds is 3. The third-order valence-electron chi connectivity index (χ3n) is 3.64. The molecule has 1 amide bonds. The van der Waals surface area contributed by atoms with Crippen LogP contribution in [-0.2, 0) is 9.59 Å². The molecule has 0 aromatic heterocycles. The third kappa shape index (κ3) is 2.50. The number of nitrogens with zero attached hydrogens (tertiary/aromatic N) is 1. The van der Waals surface area contributed by atoms with Gasteiger partial charge in [-0.05, 0) is 31.5 Å². The molecule has 0 aliphatic carbocycles. The lowest BCUT2D eigenvalue weighted by Gasteiger charge is -2.39. The number of hydrogen-bond donors (Lipinski definition) is 1. The molecule has 0 saturated carbocycles. The fourth-order valence-electron chi connectivity index (χ4n) is 2.71. The second-order valence-electron chi connectivity index (χ2n) is 4.77. The molecule has 1 aromatic carbocycles. The number of aliphatic carboxylic acids is 1. The number of carbonyl (C=O) groups excluding carboxylic acids is 1. The van der Waals surface area contributed by atoms with E-state index in [1.54, 1.807) is 6.92 Å². The molecule has 108 valence electrons. The van der Waals surface area contributed by atoms with Crippen molar-refractivity contribution in [3.63, 3.8) is 0 Å². The highest BCUT2D eigenvalue weighted by Gasteiger charge is 2.41. The van der Waals surface area contributed by atoms with Gasteiger partial charge in [-0.2, -0.15) is 0 Å². The molecule has 1 saturated heterocycles. The van der Waals surface area contributed by atoms with E-state index < -0.39 is 29.6 Å². The maximum Gasteiger partial charge on any atom is 0.308 e. The molecule has 2 rings (SSSR count). The van der Waals surface area contributed by atoms with Crippen LogP contribution < -0.4 is 0 Å². The summed E-state index contributed by atoms with van der Waals surface area (Å²) in [5.41, 5.74) is -0.0766. The minimum absolute atomic E-state index is 0.0766. The molecule has 1 fully saturated rings. The number of piperidine rings is 1. The number of carboxylic acids is 1. The Morgan fingerprint density at radius 3 is 2.75 bits per heavy atom. The van der Waals surface area contributed by atoms with Gasteiger partial charge in [0.1, 0.15) is 11.6 Å². The predicted molar refractivity (Wildman–Crippen MR) is 66.8 cm³/mol. The number of halogens is 2. The van der Waals surface area contributed by atoms with Gasteiger partial charge in [-0.25, -0.2) is 8.78 Å². The summed E-state index contributed by atoms with van der Waals surface area (Å²) in [4.78, 5) is 24.5. The average Bonchev–Trinajstić information content (AvgIpc) is 2.40. The van der Waals surface area contributed by atoms with E-state index in [2.05, 4.69) is 0 Å². The van der Waals surface area contributed by atoms with Gasteiger partial charge in [0.2, 0.25) is 5.91 Å². The van der Waals surface area contributed by atoms with Crippen LogP contribution >= 0.6 is 0 Å². The standard InChI is InChI=1S/C14H15F2NO3/c1-2-17-12(18)6-4-9(14(19)20)13(17)10-7-8(15)3-5-11(10)16/h3,5,7,9,13H,2,4,6H2,1H3,(H,19,20). The normalized spacial score (nSPS) is 22.9. The zero-order valence-corrected chi connectivity index (χ0v) is 11.0. The van der Waals surface area contributed by atoms with Crippen molar-refractivity contribution >= 4 is 11.9 Å². The topological polar surface area (TPSA) is 57.6 Å². The van der Waals surface area contributed by atoms with Crippen molar-refractivity contribution < 1.29 is 23.5 Å². The minimum Gasteiger partial charge on any atom is -0.481 e. The third-order valence-corrected chi connectivity index (χ3v) is 3.64. The van der Waals surface area contributed by atoms with E-state index in [0.29, 0.717) is 0 Å². The summed E-state index contributed by atoms with van der Waals surface area (Å²) < 4.78 is 27.3. The number of benzene rings is 1. The number of hydrogen-bond acceptors (Lipinski definition) is 2. The number of carbonyl (C=O) groups is 2. The van der Waals surface area contributed by atoms with Crippen LogP contribution in [-0.4, -0.2) is 28.4 Å². The first kappa shape index (κ1) is 14.4. The van der Waals surface area contributed by atoms with Gasteiger partial charge in [-0.3, -0.25) is 9.59 Å². The van der Waals surface area contributed by atoms with Crippen LogP contribution in [0.15, 0.2) is 18.2 Å². The quantitative estimate of drug-likeness (QED) is 0.926. The van der Waals surface area contributed by atoms with Gasteiger partial charge in [0, 0.05) is 18.5 Å². The SMILES string of the molecule is CCN1C(=O)CCC(C(=O)O)C1c1cc(F)ccc1F. The Bertz CT molecular complexity index is 545. The molecule has 2 atom stereocenters. The maximum atomic E-state index is 13.9. The van der Waals surface area contributed by atoms with Crippen LogP contribution in [0.1, 0.15) is 31.4 Å². The molecular weight excluding hydrogens is 268 g/mol. The molecule has 1 aliphatic rings. The maximum absolute atomic E-state index is 13.9. The largest absolute Gasteiger partial charge is 0.481 e. The molecule has 1 heterocycles. The Kier molecular flexibility index (Phi) is 4.01. The molecule has 1 aliphatic heterocycles. The molecule has 1 aromatic rings. The Morgan fingerprint density at radius 1 is 1.45 bits per heavy atom. The van der Waals surface area contributed by atoms with E-state index in [1.165, 1.54) is 4.90 Å². The molecule has 0 bridgehead atoms. The van der Waals surface area contributed by atoms with Crippen LogP contribution in [0, 0.1) is 17.6 Å². The van der Waals surface area contributed by atoms with Gasteiger partial charge in [0.25, 0.3) is 0 Å². The van der Waals surface area contributed by atoms with Crippen molar-refractivity contribution in [2.24, 2.45) is 5.92 Å². The summed E-state index contributed by atoms with van der Waals surface area (Å²) in [6, 6.07) is 1.93. The molecule has 0 radical (unpaired) electrons. The summed E-state index contributed by atoms with van der Waals surface area (Å²) in [6.45, 7) is 1.94. The summed E-state index contributed by atoms with van der Waals surface area (Å²) in [6.07, 6.45) is 0.240. The highest BCUT2D eigenvalue weighted by Crippen LogP contribution is 2.38. The lowest BCUT2D eigenvalue weighted by molar-refractivity contribution is -0.152. The van der Waals surface area contributed by atoms with Crippen LogP contribution in [0.2, 0.25) is 0 Å². The van der Waals surface area contributed by atoms with Gasteiger partial charge in [-0.1, -0.05) is 0 Å². The van der Waals surface area contributed by atoms with E-state index in [4.69, 9.17) is 0 Å². The van der Waals surface area contributed by atoms with Gasteiger partial charge in [0.15, 0.2) is 0 Å². The van der Waals surface area contributed by atoms with E-state index in [9.17, 15) is 23.5 Å². The van der Waals surface area contributed by atoms with Crippen molar-refractivity contribution in [2.75, 3.05) is 6.54 Å². The lowest BCUT2D eigenvalue weighted by Crippen LogP contribution is -2.45. The molecule has 4 nitrogen and oxygen atoms in total. The van der Waals surface area contributed by atoms with E-state index in [1.807, 2.05) is 0 Å². The smallest absolute Gasteiger partial charge is 0.308 e. The molecular formula is C14H15F2NO3. The van der Waals surface area contributed by atoms with Crippen LogP contribution in [0.4, 0.5) is 8.78 Å². The number of likely N-dealkylation sites (tertiary alicyclic amines) is 1.